The van der Waals surface area contributed by atoms with E-state index in [-0.39, 0.29) is 11.1 Å². The molecule has 4 heteroatoms. The average molecular weight is 407 g/mol. The second-order valence-corrected chi connectivity index (χ2v) is 11.9. The molecule has 0 aromatic rings. The molecule has 1 saturated heterocycles. The lowest BCUT2D eigenvalue weighted by Gasteiger charge is -2.53. The van der Waals surface area contributed by atoms with E-state index in [1.807, 2.05) is 0 Å². The second-order valence-electron chi connectivity index (χ2n) is 11.9. The summed E-state index contributed by atoms with van der Waals surface area (Å²) in [6.07, 6.45) is 12.3. The van der Waals surface area contributed by atoms with Crippen LogP contribution in [0, 0.1) is 5.92 Å². The van der Waals surface area contributed by atoms with Gasteiger partial charge in [-0.3, -0.25) is 9.80 Å². The molecule has 1 unspecified atom stereocenters. The topological polar surface area (TPSA) is 30.5 Å². The zero-order valence-electron chi connectivity index (χ0n) is 20.6. The lowest BCUT2D eigenvalue weighted by atomic mass is 9.72. The molecule has 29 heavy (non-hydrogen) atoms. The fourth-order valence-corrected chi connectivity index (χ4v) is 6.54. The Labute approximate surface area is 181 Å². The first kappa shape index (κ1) is 23.5. The highest BCUT2D eigenvalue weighted by Gasteiger charge is 2.44. The highest BCUT2D eigenvalue weighted by molar-refractivity contribution is 5.01. The van der Waals surface area contributed by atoms with E-state index in [9.17, 15) is 0 Å². The molecule has 1 heterocycles. The largest absolute Gasteiger partial charge is 0.315 e. The molecule has 2 saturated carbocycles. The van der Waals surface area contributed by atoms with Crippen molar-refractivity contribution >= 4 is 0 Å². The van der Waals surface area contributed by atoms with E-state index >= 15 is 0 Å². The molecule has 0 amide bonds. The third-order valence-electron chi connectivity index (χ3n) is 8.23. The van der Waals surface area contributed by atoms with Gasteiger partial charge in [-0.05, 0) is 106 Å². The maximum atomic E-state index is 4.02. The summed E-state index contributed by atoms with van der Waals surface area (Å²) in [4.78, 5) is 5.56. The molecule has 5 atom stereocenters. The van der Waals surface area contributed by atoms with Gasteiger partial charge in [0.15, 0.2) is 0 Å². The van der Waals surface area contributed by atoms with Gasteiger partial charge in [-0.1, -0.05) is 19.3 Å². The van der Waals surface area contributed by atoms with Crippen LogP contribution in [0.3, 0.4) is 0 Å². The number of hydrogen-bond donors (Lipinski definition) is 2. The van der Waals surface area contributed by atoms with Crippen LogP contribution in [0.15, 0.2) is 0 Å². The maximum absolute atomic E-state index is 4.02. The number of hydrogen-bond acceptors (Lipinski definition) is 4. The van der Waals surface area contributed by atoms with Gasteiger partial charge in [0, 0.05) is 35.2 Å². The van der Waals surface area contributed by atoms with Crippen molar-refractivity contribution in [2.24, 2.45) is 5.92 Å². The Bertz CT molecular complexity index is 507. The smallest absolute Gasteiger partial charge is 0.0278 e. The molecule has 0 bridgehead atoms. The predicted octanol–water partition coefficient (Wildman–Crippen LogP) is 4.25. The number of likely N-dealkylation sites (tertiary alicyclic amines) is 1. The van der Waals surface area contributed by atoms with E-state index in [0.717, 1.165) is 12.0 Å². The highest BCUT2D eigenvalue weighted by Crippen LogP contribution is 2.39. The lowest BCUT2D eigenvalue weighted by molar-refractivity contribution is -0.0156. The van der Waals surface area contributed by atoms with Gasteiger partial charge in [0.1, 0.15) is 0 Å². The van der Waals surface area contributed by atoms with E-state index in [4.69, 9.17) is 0 Å². The molecule has 3 fully saturated rings. The lowest BCUT2D eigenvalue weighted by Crippen LogP contribution is -2.64. The van der Waals surface area contributed by atoms with Crippen LogP contribution in [-0.2, 0) is 0 Å². The quantitative estimate of drug-likeness (QED) is 0.662. The fraction of sp³-hybridized carbons (Fsp3) is 1.00. The van der Waals surface area contributed by atoms with E-state index < -0.39 is 0 Å². The number of likely N-dealkylation sites (N-methyl/N-ethyl adjacent to an activating group) is 2. The zero-order valence-corrected chi connectivity index (χ0v) is 20.6. The Morgan fingerprint density at radius 3 is 2.10 bits per heavy atom. The van der Waals surface area contributed by atoms with Gasteiger partial charge in [-0.2, -0.15) is 0 Å². The molecule has 1 aliphatic heterocycles. The summed E-state index contributed by atoms with van der Waals surface area (Å²) in [7, 11) is 4.57. The van der Waals surface area contributed by atoms with Crippen molar-refractivity contribution in [2.45, 2.75) is 128 Å². The molecule has 4 nitrogen and oxygen atoms in total. The minimum atomic E-state index is 0.199. The van der Waals surface area contributed by atoms with Gasteiger partial charge >= 0.3 is 0 Å². The summed E-state index contributed by atoms with van der Waals surface area (Å²) in [6, 6.07) is 2.70. The van der Waals surface area contributed by atoms with Crippen molar-refractivity contribution in [1.29, 1.82) is 0 Å². The summed E-state index contributed by atoms with van der Waals surface area (Å²) in [5.41, 5.74) is 0.443. The highest BCUT2D eigenvalue weighted by atomic mass is 15.3. The summed E-state index contributed by atoms with van der Waals surface area (Å²) >= 11 is 0. The standard InChI is InChI=1S/C25H50N4/c1-24(2,3)27-21-14-10-12-19(23(21)29-16-11-17-29)18-25(4,5)28(7)22-15-9-8-13-20(22)26-6/h19-23,26-27H,8-18H2,1-7H3/t19?,20-,21-,22-,23-/m0/s1. The molecular formula is C25H50N4. The average Bonchev–Trinajstić information content (AvgIpc) is 2.60. The number of nitrogens with one attached hydrogen (secondary N) is 2. The Balaban J connectivity index is 1.72. The van der Waals surface area contributed by atoms with Gasteiger partial charge in [0.25, 0.3) is 0 Å². The van der Waals surface area contributed by atoms with Crippen LogP contribution in [0.25, 0.3) is 0 Å². The van der Waals surface area contributed by atoms with Gasteiger partial charge in [0.2, 0.25) is 0 Å². The minimum absolute atomic E-state index is 0.199. The van der Waals surface area contributed by atoms with Gasteiger partial charge in [0.05, 0.1) is 0 Å². The third-order valence-corrected chi connectivity index (χ3v) is 8.23. The second kappa shape index (κ2) is 9.54. The molecule has 3 aliphatic rings. The van der Waals surface area contributed by atoms with Crippen molar-refractivity contribution in [3.05, 3.63) is 0 Å². The first-order valence-electron chi connectivity index (χ1n) is 12.5. The molecule has 2 N–H and O–H groups in total. The summed E-state index contributed by atoms with van der Waals surface area (Å²) in [5, 5.41) is 7.65. The van der Waals surface area contributed by atoms with Crippen LogP contribution in [0.4, 0.5) is 0 Å². The summed E-state index contributed by atoms with van der Waals surface area (Å²) < 4.78 is 0. The molecule has 0 aromatic carbocycles. The first-order chi connectivity index (χ1) is 13.6. The Hall–Kier alpha value is -0.160. The SMILES string of the molecule is CN[C@H]1CCCC[C@@H]1N(C)C(C)(C)CC1CCC[C@H](NC(C)(C)C)[C@H]1N1CCC1. The Morgan fingerprint density at radius 2 is 1.52 bits per heavy atom. The predicted molar refractivity (Wildman–Crippen MR) is 126 cm³/mol. The molecule has 2 aliphatic carbocycles. The third kappa shape index (κ3) is 5.75. The van der Waals surface area contributed by atoms with Crippen molar-refractivity contribution < 1.29 is 0 Å². The van der Waals surface area contributed by atoms with Gasteiger partial charge in [-0.15, -0.1) is 0 Å². The van der Waals surface area contributed by atoms with Crippen LogP contribution >= 0.6 is 0 Å². The van der Waals surface area contributed by atoms with E-state index in [1.165, 1.54) is 70.9 Å². The van der Waals surface area contributed by atoms with Gasteiger partial charge < -0.3 is 10.6 Å². The zero-order chi connectivity index (χ0) is 21.2. The van der Waals surface area contributed by atoms with E-state index in [2.05, 4.69) is 69.1 Å². The first-order valence-corrected chi connectivity index (χ1v) is 12.5. The summed E-state index contributed by atoms with van der Waals surface area (Å²) in [5.74, 6) is 0.804. The minimum Gasteiger partial charge on any atom is -0.315 e. The van der Waals surface area contributed by atoms with Gasteiger partial charge in [-0.25, -0.2) is 0 Å². The number of nitrogens with zero attached hydrogens (tertiary/aromatic N) is 2. The van der Waals surface area contributed by atoms with E-state index in [1.54, 1.807) is 0 Å². The Kier molecular flexibility index (Phi) is 7.73. The molecule has 170 valence electrons. The molecule has 0 aromatic heterocycles. The molecular weight excluding hydrogens is 356 g/mol. The van der Waals surface area contributed by atoms with Crippen LogP contribution in [0.1, 0.15) is 92.4 Å². The van der Waals surface area contributed by atoms with Crippen LogP contribution in [0.2, 0.25) is 0 Å². The summed E-state index contributed by atoms with van der Waals surface area (Å²) in [6.45, 7) is 14.7. The van der Waals surface area contributed by atoms with Crippen molar-refractivity contribution in [3.8, 4) is 0 Å². The number of rotatable bonds is 7. The molecule has 0 spiro atoms. The molecule has 0 radical (unpaired) electrons. The molecule has 3 rings (SSSR count). The normalized spacial score (nSPS) is 35.0. The Morgan fingerprint density at radius 1 is 0.862 bits per heavy atom. The van der Waals surface area contributed by atoms with Crippen molar-refractivity contribution in [2.75, 3.05) is 27.2 Å². The van der Waals surface area contributed by atoms with Crippen molar-refractivity contribution in [1.82, 2.24) is 20.4 Å². The van der Waals surface area contributed by atoms with Crippen LogP contribution in [-0.4, -0.2) is 72.2 Å². The van der Waals surface area contributed by atoms with Crippen molar-refractivity contribution in [3.63, 3.8) is 0 Å². The van der Waals surface area contributed by atoms with Crippen LogP contribution < -0.4 is 10.6 Å². The fourth-order valence-electron chi connectivity index (χ4n) is 6.54. The monoisotopic (exact) mass is 406 g/mol. The van der Waals surface area contributed by atoms with E-state index in [0.29, 0.717) is 18.1 Å². The maximum Gasteiger partial charge on any atom is 0.0278 e. The van der Waals surface area contributed by atoms with Crippen LogP contribution in [0.5, 0.6) is 0 Å².